The van der Waals surface area contributed by atoms with Crippen molar-refractivity contribution in [3.63, 3.8) is 0 Å². The molecule has 3 aliphatic rings. The first kappa shape index (κ1) is 22.7. The van der Waals surface area contributed by atoms with Crippen LogP contribution >= 0.6 is 0 Å². The molecular weight excluding hydrogens is 422 g/mol. The molecule has 1 nitrogen and oxygen atoms in total. The van der Waals surface area contributed by atoms with Gasteiger partial charge in [0.15, 0.2) is 0 Å². The Labute approximate surface area is 211 Å². The molecule has 0 saturated carbocycles. The molecule has 3 aliphatic heterocycles. The molecule has 0 spiro atoms. The predicted octanol–water partition coefficient (Wildman–Crippen LogP) is 9.20. The van der Waals surface area contributed by atoms with Crippen LogP contribution in [0, 0.1) is 13.8 Å². The summed E-state index contributed by atoms with van der Waals surface area (Å²) in [4.78, 5) is 2.67. The van der Waals surface area contributed by atoms with E-state index in [4.69, 9.17) is 0 Å². The van der Waals surface area contributed by atoms with Crippen LogP contribution < -0.4 is 4.90 Å². The van der Waals surface area contributed by atoms with Crippen molar-refractivity contribution in [3.8, 4) is 0 Å². The zero-order valence-corrected chi connectivity index (χ0v) is 22.8. The number of allylic oxidation sites excluding steroid dienone is 1. The molecule has 0 atom stereocenters. The largest absolute Gasteiger partial charge is 0.309 e. The van der Waals surface area contributed by atoms with E-state index in [0.717, 1.165) is 19.3 Å². The average Bonchev–Trinajstić information content (AvgIpc) is 2.78. The molecule has 0 fully saturated rings. The highest BCUT2D eigenvalue weighted by Crippen LogP contribution is 2.66. The molecule has 3 aromatic rings. The van der Waals surface area contributed by atoms with Gasteiger partial charge < -0.3 is 4.90 Å². The molecule has 0 aliphatic carbocycles. The topological polar surface area (TPSA) is 3.24 Å². The van der Waals surface area contributed by atoms with E-state index in [1.54, 1.807) is 0 Å². The van der Waals surface area contributed by atoms with Gasteiger partial charge in [0.2, 0.25) is 0 Å². The zero-order valence-electron chi connectivity index (χ0n) is 22.8. The van der Waals surface area contributed by atoms with Crippen molar-refractivity contribution in [2.75, 3.05) is 4.90 Å². The molecular formula is C34H39N. The number of unbranched alkanes of at least 4 members (excludes halogenated alkanes) is 1. The van der Waals surface area contributed by atoms with Crippen LogP contribution in [0.3, 0.4) is 0 Å². The van der Waals surface area contributed by atoms with Crippen molar-refractivity contribution in [3.05, 3.63) is 99.1 Å². The zero-order chi connectivity index (χ0) is 25.1. The lowest BCUT2D eigenvalue weighted by molar-refractivity contribution is 0.563. The second-order valence-corrected chi connectivity index (χ2v) is 12.8. The molecule has 3 aromatic carbocycles. The van der Waals surface area contributed by atoms with Gasteiger partial charge in [0.05, 0.1) is 17.1 Å². The highest BCUT2D eigenvalue weighted by atomic mass is 15.2. The predicted molar refractivity (Wildman–Crippen MR) is 150 cm³/mol. The number of aryl methyl sites for hydroxylation is 3. The first-order chi connectivity index (χ1) is 16.4. The summed E-state index contributed by atoms with van der Waals surface area (Å²) in [6.45, 7) is 23.1. The molecule has 0 radical (unpaired) electrons. The van der Waals surface area contributed by atoms with Crippen LogP contribution in [0.4, 0.5) is 17.1 Å². The smallest absolute Gasteiger partial charge is 0.0544 e. The maximum Gasteiger partial charge on any atom is 0.0544 e. The Morgan fingerprint density at radius 3 is 1.31 bits per heavy atom. The standard InChI is InChI=1S/C34H39N/c1-10-11-12-13-22-18-27-31-28(19-22)34(8,9)26-17-21(3)15-24-30(26)35(31)29-23(32(24,4)5)14-20(2)16-25(29)33(27,6)7/h10,14-19H,1,11-13H2,2-9H3. The highest BCUT2D eigenvalue weighted by molar-refractivity contribution is 5.98. The monoisotopic (exact) mass is 461 g/mol. The van der Waals surface area contributed by atoms with E-state index in [0.29, 0.717) is 0 Å². The van der Waals surface area contributed by atoms with Gasteiger partial charge in [-0.15, -0.1) is 6.58 Å². The van der Waals surface area contributed by atoms with Crippen LogP contribution in [0.5, 0.6) is 0 Å². The second-order valence-electron chi connectivity index (χ2n) is 12.8. The van der Waals surface area contributed by atoms with Gasteiger partial charge in [-0.2, -0.15) is 0 Å². The molecule has 35 heavy (non-hydrogen) atoms. The van der Waals surface area contributed by atoms with Crippen LogP contribution in [0.15, 0.2) is 49.1 Å². The van der Waals surface area contributed by atoms with Crippen LogP contribution in [-0.2, 0) is 22.7 Å². The molecule has 0 aromatic heterocycles. The fraction of sp³-hybridized carbons (Fsp3) is 0.412. The molecule has 0 N–H and O–H groups in total. The van der Waals surface area contributed by atoms with E-state index < -0.39 is 0 Å². The summed E-state index contributed by atoms with van der Waals surface area (Å²) in [5, 5.41) is 0. The average molecular weight is 462 g/mol. The van der Waals surface area contributed by atoms with Gasteiger partial charge in [0, 0.05) is 16.2 Å². The Morgan fingerprint density at radius 2 is 0.971 bits per heavy atom. The van der Waals surface area contributed by atoms with Gasteiger partial charge in [-0.1, -0.05) is 95.1 Å². The normalized spacial score (nSPS) is 18.8. The minimum absolute atomic E-state index is 0.0471. The van der Waals surface area contributed by atoms with Gasteiger partial charge in [-0.3, -0.25) is 0 Å². The van der Waals surface area contributed by atoms with Gasteiger partial charge in [0.25, 0.3) is 0 Å². The molecule has 0 amide bonds. The van der Waals surface area contributed by atoms with Crippen LogP contribution in [0.25, 0.3) is 0 Å². The summed E-state index contributed by atoms with van der Waals surface area (Å²) >= 11 is 0. The Kier molecular flexibility index (Phi) is 4.47. The third-order valence-electron chi connectivity index (χ3n) is 9.26. The lowest BCUT2D eigenvalue weighted by atomic mass is 9.60. The van der Waals surface area contributed by atoms with E-state index in [1.807, 2.05) is 6.08 Å². The van der Waals surface area contributed by atoms with Crippen LogP contribution in [0.2, 0.25) is 0 Å². The van der Waals surface area contributed by atoms with E-state index in [2.05, 4.69) is 103 Å². The van der Waals surface area contributed by atoms with Crippen LogP contribution in [0.1, 0.15) is 104 Å². The van der Waals surface area contributed by atoms with Crippen molar-refractivity contribution in [1.29, 1.82) is 0 Å². The Hall–Kier alpha value is -2.80. The number of rotatable bonds is 4. The number of anilines is 3. The summed E-state index contributed by atoms with van der Waals surface area (Å²) in [5.41, 5.74) is 17.2. The van der Waals surface area contributed by atoms with Crippen molar-refractivity contribution in [2.24, 2.45) is 0 Å². The third kappa shape index (κ3) is 2.76. The van der Waals surface area contributed by atoms with Gasteiger partial charge >= 0.3 is 0 Å². The minimum Gasteiger partial charge on any atom is -0.309 e. The number of hydrogen-bond donors (Lipinski definition) is 0. The fourth-order valence-electron chi connectivity index (χ4n) is 7.20. The summed E-state index contributed by atoms with van der Waals surface area (Å²) in [7, 11) is 0. The van der Waals surface area contributed by atoms with E-state index >= 15 is 0 Å². The number of hydrogen-bond acceptors (Lipinski definition) is 1. The summed E-state index contributed by atoms with van der Waals surface area (Å²) < 4.78 is 0. The Morgan fingerprint density at radius 1 is 0.629 bits per heavy atom. The second kappa shape index (κ2) is 6.90. The maximum atomic E-state index is 3.95. The molecule has 3 heterocycles. The van der Waals surface area contributed by atoms with Crippen molar-refractivity contribution < 1.29 is 0 Å². The summed E-state index contributed by atoms with van der Waals surface area (Å²) in [6.07, 6.45) is 5.37. The Balaban J connectivity index is 1.78. The van der Waals surface area contributed by atoms with Crippen molar-refractivity contribution >= 4 is 17.1 Å². The summed E-state index contributed by atoms with van der Waals surface area (Å²) in [5.74, 6) is 0. The minimum atomic E-state index is -0.0585. The molecule has 0 unspecified atom stereocenters. The van der Waals surface area contributed by atoms with E-state index in [9.17, 15) is 0 Å². The summed E-state index contributed by atoms with van der Waals surface area (Å²) in [6, 6.07) is 14.9. The van der Waals surface area contributed by atoms with E-state index in [-0.39, 0.29) is 16.2 Å². The van der Waals surface area contributed by atoms with Crippen molar-refractivity contribution in [1.82, 2.24) is 0 Å². The lowest BCUT2D eigenvalue weighted by Crippen LogP contribution is -2.44. The fourth-order valence-corrected chi connectivity index (χ4v) is 7.20. The van der Waals surface area contributed by atoms with Gasteiger partial charge in [0.1, 0.15) is 0 Å². The quantitative estimate of drug-likeness (QED) is 0.276. The van der Waals surface area contributed by atoms with Gasteiger partial charge in [-0.25, -0.2) is 0 Å². The molecule has 1 heteroatoms. The first-order valence-electron chi connectivity index (χ1n) is 13.3. The van der Waals surface area contributed by atoms with E-state index in [1.165, 1.54) is 67.1 Å². The first-order valence-corrected chi connectivity index (χ1v) is 13.3. The Bertz CT molecular complexity index is 1330. The lowest BCUT2D eigenvalue weighted by Gasteiger charge is -2.55. The third-order valence-corrected chi connectivity index (χ3v) is 9.26. The maximum absolute atomic E-state index is 3.95. The molecule has 6 rings (SSSR count). The molecule has 180 valence electrons. The molecule has 0 saturated heterocycles. The van der Waals surface area contributed by atoms with Gasteiger partial charge in [-0.05, 0) is 72.1 Å². The number of benzene rings is 3. The van der Waals surface area contributed by atoms with Crippen molar-refractivity contribution in [2.45, 2.75) is 90.9 Å². The van der Waals surface area contributed by atoms with Crippen LogP contribution in [-0.4, -0.2) is 0 Å². The number of nitrogens with zero attached hydrogens (tertiary/aromatic N) is 1. The molecule has 0 bridgehead atoms. The highest BCUT2D eigenvalue weighted by Gasteiger charge is 2.51. The SMILES string of the molecule is C=CCCCc1cc2c3c(c1)C(C)(C)c1cc(C)cc4c1N3c1c(cc(C)cc1C2(C)C)C4(C)C.